The Bertz CT molecular complexity index is 624. The van der Waals surface area contributed by atoms with Crippen LogP contribution >= 0.6 is 0 Å². The molecule has 9 heteroatoms. The number of nitrogens with zero attached hydrogens (tertiary/aromatic N) is 1. The van der Waals surface area contributed by atoms with Crippen molar-refractivity contribution in [1.82, 2.24) is 15.0 Å². The molecular weight excluding hydrogens is 307 g/mol. The molecule has 0 spiro atoms. The number of hydrogen-bond donors (Lipinski definition) is 2. The van der Waals surface area contributed by atoms with E-state index in [1.54, 1.807) is 0 Å². The second-order valence-corrected chi connectivity index (χ2v) is 6.28. The van der Waals surface area contributed by atoms with Crippen LogP contribution in [-0.4, -0.2) is 33.0 Å². The lowest BCUT2D eigenvalue weighted by molar-refractivity contribution is -0.141. The number of pyridine rings is 1. The summed E-state index contributed by atoms with van der Waals surface area (Å²) >= 11 is 0. The molecule has 5 nitrogen and oxygen atoms in total. The summed E-state index contributed by atoms with van der Waals surface area (Å²) in [4.78, 5) is 2.86. The predicted molar refractivity (Wildman–Crippen MR) is 70.0 cm³/mol. The summed E-state index contributed by atoms with van der Waals surface area (Å²) in [6.45, 7) is 1.60. The first-order chi connectivity index (χ1) is 9.79. The van der Waals surface area contributed by atoms with Crippen molar-refractivity contribution < 1.29 is 21.6 Å². The molecule has 1 aliphatic rings. The van der Waals surface area contributed by atoms with E-state index in [4.69, 9.17) is 0 Å². The lowest BCUT2D eigenvalue weighted by Crippen LogP contribution is -2.29. The Morgan fingerprint density at radius 2 is 2.10 bits per heavy atom. The van der Waals surface area contributed by atoms with Gasteiger partial charge in [-0.2, -0.15) is 13.2 Å². The van der Waals surface area contributed by atoms with E-state index in [0.717, 1.165) is 24.6 Å². The maximum atomic E-state index is 12.4. The second kappa shape index (κ2) is 6.12. The van der Waals surface area contributed by atoms with E-state index < -0.39 is 21.9 Å². The monoisotopic (exact) mass is 321 g/mol. The largest absolute Gasteiger partial charge is 0.433 e. The van der Waals surface area contributed by atoms with Crippen LogP contribution in [-0.2, 0) is 16.2 Å². The molecule has 0 bridgehead atoms. The third-order valence-corrected chi connectivity index (χ3v) is 4.37. The van der Waals surface area contributed by atoms with Crippen LogP contribution in [0.25, 0.3) is 0 Å². The van der Waals surface area contributed by atoms with Gasteiger partial charge in [-0.05, 0) is 25.1 Å². The minimum atomic E-state index is -4.59. The summed E-state index contributed by atoms with van der Waals surface area (Å²) < 4.78 is 63.4. The molecule has 0 fully saturated rings. The van der Waals surface area contributed by atoms with Crippen molar-refractivity contribution in [3.8, 4) is 0 Å². The van der Waals surface area contributed by atoms with Crippen LogP contribution < -0.4 is 10.0 Å². The molecule has 21 heavy (non-hydrogen) atoms. The van der Waals surface area contributed by atoms with Gasteiger partial charge in [-0.15, -0.1) is 0 Å². The van der Waals surface area contributed by atoms with Crippen LogP contribution in [0.15, 0.2) is 34.9 Å². The highest BCUT2D eigenvalue weighted by atomic mass is 32.2. The van der Waals surface area contributed by atoms with E-state index in [1.807, 2.05) is 6.08 Å². The molecule has 116 valence electrons. The van der Waals surface area contributed by atoms with Gasteiger partial charge >= 0.3 is 6.18 Å². The van der Waals surface area contributed by atoms with Crippen LogP contribution in [0.1, 0.15) is 12.1 Å². The van der Waals surface area contributed by atoms with Crippen molar-refractivity contribution in [1.29, 1.82) is 0 Å². The summed E-state index contributed by atoms with van der Waals surface area (Å²) in [6.07, 6.45) is -1.26. The van der Waals surface area contributed by atoms with Gasteiger partial charge in [0.25, 0.3) is 0 Å². The molecule has 2 rings (SSSR count). The minimum Gasteiger partial charge on any atom is -0.313 e. The average molecular weight is 321 g/mol. The predicted octanol–water partition coefficient (Wildman–Crippen LogP) is 1.30. The number of hydrogen-bond acceptors (Lipinski definition) is 4. The Kier molecular flexibility index (Phi) is 4.64. The lowest BCUT2D eigenvalue weighted by Gasteiger charge is -2.14. The quantitative estimate of drug-likeness (QED) is 0.820. The van der Waals surface area contributed by atoms with E-state index in [1.165, 1.54) is 0 Å². The highest BCUT2D eigenvalue weighted by Gasteiger charge is 2.32. The SMILES string of the molecule is O=S(=O)(NCC1=CCNCC1)c1ccc(C(F)(F)F)nc1. The van der Waals surface area contributed by atoms with E-state index in [0.29, 0.717) is 18.8 Å². The molecule has 0 aliphatic carbocycles. The van der Waals surface area contributed by atoms with E-state index >= 15 is 0 Å². The number of alkyl halides is 3. The zero-order chi connectivity index (χ0) is 15.5. The van der Waals surface area contributed by atoms with Crippen LogP contribution in [0.2, 0.25) is 0 Å². The van der Waals surface area contributed by atoms with Gasteiger partial charge in [0.2, 0.25) is 10.0 Å². The summed E-state index contributed by atoms with van der Waals surface area (Å²) in [5, 5.41) is 3.09. The summed E-state index contributed by atoms with van der Waals surface area (Å²) in [6, 6.07) is 1.55. The first-order valence-electron chi connectivity index (χ1n) is 6.20. The molecule has 2 N–H and O–H groups in total. The van der Waals surface area contributed by atoms with Gasteiger partial charge in [-0.25, -0.2) is 13.1 Å². The minimum absolute atomic E-state index is 0.144. The third kappa shape index (κ3) is 4.26. The number of aromatic nitrogens is 1. The molecule has 0 amide bonds. The first-order valence-corrected chi connectivity index (χ1v) is 7.69. The highest BCUT2D eigenvalue weighted by Crippen LogP contribution is 2.27. The fourth-order valence-electron chi connectivity index (χ4n) is 1.81. The molecular formula is C12H14F3N3O2S. The number of sulfonamides is 1. The smallest absolute Gasteiger partial charge is 0.313 e. The van der Waals surface area contributed by atoms with Crippen LogP contribution in [0.5, 0.6) is 0 Å². The topological polar surface area (TPSA) is 71.1 Å². The third-order valence-electron chi connectivity index (χ3n) is 2.98. The van der Waals surface area contributed by atoms with Gasteiger partial charge in [0.15, 0.2) is 0 Å². The second-order valence-electron chi connectivity index (χ2n) is 4.52. The molecule has 0 atom stereocenters. The van der Waals surface area contributed by atoms with Gasteiger partial charge in [0.05, 0.1) is 0 Å². The zero-order valence-electron chi connectivity index (χ0n) is 10.9. The highest BCUT2D eigenvalue weighted by molar-refractivity contribution is 7.89. The maximum absolute atomic E-state index is 12.4. The molecule has 0 aromatic carbocycles. The van der Waals surface area contributed by atoms with Crippen molar-refractivity contribution >= 4 is 10.0 Å². The Hall–Kier alpha value is -1.45. The fraction of sp³-hybridized carbons (Fsp3) is 0.417. The van der Waals surface area contributed by atoms with Gasteiger partial charge < -0.3 is 5.32 Å². The summed E-state index contributed by atoms with van der Waals surface area (Å²) in [5.74, 6) is 0. The van der Waals surface area contributed by atoms with Gasteiger partial charge in [0.1, 0.15) is 10.6 Å². The van der Waals surface area contributed by atoms with Gasteiger partial charge in [0, 0.05) is 19.3 Å². The Morgan fingerprint density at radius 3 is 2.62 bits per heavy atom. The van der Waals surface area contributed by atoms with Crippen molar-refractivity contribution in [2.24, 2.45) is 0 Å². The lowest BCUT2D eigenvalue weighted by atomic mass is 10.1. The summed E-state index contributed by atoms with van der Waals surface area (Å²) in [5.41, 5.74) is -0.181. The molecule has 1 aromatic rings. The molecule has 0 saturated heterocycles. The number of rotatable bonds is 4. The van der Waals surface area contributed by atoms with Crippen LogP contribution in [0.3, 0.4) is 0 Å². The molecule has 1 aliphatic heterocycles. The Morgan fingerprint density at radius 1 is 1.33 bits per heavy atom. The first kappa shape index (κ1) is 15.9. The Balaban J connectivity index is 2.07. The standard InChI is InChI=1S/C12H14F3N3O2S/c13-12(14,15)11-2-1-10(8-17-11)21(19,20)18-7-9-3-5-16-6-4-9/h1-3,8,16,18H,4-7H2. The van der Waals surface area contributed by atoms with Crippen molar-refractivity contribution in [3.63, 3.8) is 0 Å². The molecule has 0 radical (unpaired) electrons. The number of halogens is 3. The average Bonchev–Trinajstić information content (AvgIpc) is 2.46. The molecule has 1 aromatic heterocycles. The Labute approximate surface area is 120 Å². The van der Waals surface area contributed by atoms with Gasteiger partial charge in [-0.3, -0.25) is 4.98 Å². The van der Waals surface area contributed by atoms with E-state index in [2.05, 4.69) is 15.0 Å². The fourth-order valence-corrected chi connectivity index (χ4v) is 2.79. The van der Waals surface area contributed by atoms with Crippen molar-refractivity contribution in [3.05, 3.63) is 35.7 Å². The number of nitrogens with one attached hydrogen (secondary N) is 2. The normalized spacial score (nSPS) is 16.6. The molecule has 2 heterocycles. The van der Waals surface area contributed by atoms with E-state index in [-0.39, 0.29) is 11.4 Å². The van der Waals surface area contributed by atoms with Crippen LogP contribution in [0.4, 0.5) is 13.2 Å². The van der Waals surface area contributed by atoms with Gasteiger partial charge in [-0.1, -0.05) is 11.6 Å². The van der Waals surface area contributed by atoms with Crippen molar-refractivity contribution in [2.75, 3.05) is 19.6 Å². The van der Waals surface area contributed by atoms with Crippen LogP contribution in [0, 0.1) is 0 Å². The van der Waals surface area contributed by atoms with Crippen molar-refractivity contribution in [2.45, 2.75) is 17.5 Å². The van der Waals surface area contributed by atoms with E-state index in [9.17, 15) is 21.6 Å². The molecule has 0 saturated carbocycles. The molecule has 0 unspecified atom stereocenters. The summed E-state index contributed by atoms with van der Waals surface area (Å²) in [7, 11) is -3.86. The zero-order valence-corrected chi connectivity index (χ0v) is 11.8. The maximum Gasteiger partial charge on any atom is 0.433 e.